The van der Waals surface area contributed by atoms with Gasteiger partial charge in [-0.05, 0) is 13.8 Å². The summed E-state index contributed by atoms with van der Waals surface area (Å²) in [6, 6.07) is 1.65. The van der Waals surface area contributed by atoms with Crippen molar-refractivity contribution in [2.24, 2.45) is 0 Å². The fraction of sp³-hybridized carbons (Fsp3) is 0.333. The third kappa shape index (κ3) is 2.46. The maximum Gasteiger partial charge on any atom is 0.352 e. The average molecular weight is 257 g/mol. The number of H-pyrrole nitrogens is 1. The number of hydrogen-bond acceptors (Lipinski definition) is 4. The van der Waals surface area contributed by atoms with Crippen LogP contribution in [0.2, 0.25) is 0 Å². The van der Waals surface area contributed by atoms with Gasteiger partial charge in [-0.2, -0.15) is 9.98 Å². The fourth-order valence-corrected chi connectivity index (χ4v) is 2.91. The Bertz CT molecular complexity index is 594. The molecule has 1 heterocycles. The number of aromatic amines is 1. The maximum absolute atomic E-state index is 11.8. The minimum atomic E-state index is -3.86. The molecule has 3 N–H and O–H groups in total. The number of aromatic nitrogens is 1. The first-order chi connectivity index (χ1) is 7.81. The normalized spacial score (nSPS) is 11.1. The number of aryl methyl sites for hydroxylation is 1. The molecule has 0 saturated heterocycles. The molecule has 0 spiro atoms. The van der Waals surface area contributed by atoms with Gasteiger partial charge in [0, 0.05) is 11.3 Å². The smallest absolute Gasteiger partial charge is 0.352 e. The predicted molar refractivity (Wildman–Crippen MR) is 58.0 cm³/mol. The zero-order chi connectivity index (χ0) is 13.2. The van der Waals surface area contributed by atoms with Crippen LogP contribution in [0.4, 0.5) is 0 Å². The Morgan fingerprint density at radius 2 is 2.12 bits per heavy atom. The highest BCUT2D eigenvalue weighted by molar-refractivity contribution is 7.89. The van der Waals surface area contributed by atoms with E-state index in [1.165, 1.54) is 13.8 Å². The molecular weight excluding hydrogens is 246 g/mol. The van der Waals surface area contributed by atoms with E-state index in [2.05, 4.69) is 9.71 Å². The molecule has 0 aliphatic heterocycles. The van der Waals surface area contributed by atoms with Crippen molar-refractivity contribution in [3.63, 3.8) is 0 Å². The van der Waals surface area contributed by atoms with Crippen LogP contribution >= 0.6 is 0 Å². The summed E-state index contributed by atoms with van der Waals surface area (Å²) in [7, 11) is -3.86. The predicted octanol–water partition coefficient (Wildman–Crippen LogP) is 0.132. The molecule has 0 atom stereocenters. The Balaban J connectivity index is 3.34. The van der Waals surface area contributed by atoms with E-state index in [1.807, 2.05) is 0 Å². The van der Waals surface area contributed by atoms with E-state index >= 15 is 0 Å². The highest BCUT2D eigenvalue weighted by Crippen LogP contribution is 2.22. The molecule has 0 radical (unpaired) electrons. The number of sulfonamides is 1. The number of aromatic carboxylic acids is 1. The number of nitriles is 1. The van der Waals surface area contributed by atoms with Crippen molar-refractivity contribution < 1.29 is 18.3 Å². The first-order valence-corrected chi connectivity index (χ1v) is 6.08. The SMILES string of the molecule is Cc1[nH]c(C(=O)O)c(C)c1S(=O)(=O)NCC#N. The molecule has 0 aliphatic rings. The van der Waals surface area contributed by atoms with E-state index < -0.39 is 16.0 Å². The van der Waals surface area contributed by atoms with Crippen LogP contribution in [0.25, 0.3) is 0 Å². The minimum absolute atomic E-state index is 0.120. The number of nitrogens with zero attached hydrogens (tertiary/aromatic N) is 1. The van der Waals surface area contributed by atoms with Gasteiger partial charge in [-0.1, -0.05) is 0 Å². The molecule has 1 rings (SSSR count). The summed E-state index contributed by atoms with van der Waals surface area (Å²) in [6.45, 7) is 2.49. The molecule has 0 aromatic carbocycles. The summed E-state index contributed by atoms with van der Waals surface area (Å²) < 4.78 is 25.6. The second-order valence-electron chi connectivity index (χ2n) is 3.37. The molecule has 0 saturated carbocycles. The van der Waals surface area contributed by atoms with Gasteiger partial charge in [0.05, 0.1) is 12.6 Å². The second kappa shape index (κ2) is 4.57. The molecule has 1 aromatic rings. The Morgan fingerprint density at radius 1 is 1.53 bits per heavy atom. The van der Waals surface area contributed by atoms with Crippen LogP contribution in [0.3, 0.4) is 0 Å². The van der Waals surface area contributed by atoms with Crippen LogP contribution in [0.15, 0.2) is 4.90 Å². The number of carboxylic acid groups (broad SMARTS) is 1. The lowest BCUT2D eigenvalue weighted by atomic mass is 10.2. The van der Waals surface area contributed by atoms with Crippen molar-refractivity contribution in [2.45, 2.75) is 18.7 Å². The molecule has 0 aliphatic carbocycles. The zero-order valence-corrected chi connectivity index (χ0v) is 10.1. The summed E-state index contributed by atoms with van der Waals surface area (Å²) in [5.41, 5.74) is 0.186. The van der Waals surface area contributed by atoms with Crippen LogP contribution in [0.1, 0.15) is 21.7 Å². The molecule has 0 unspecified atom stereocenters. The van der Waals surface area contributed by atoms with Gasteiger partial charge in [-0.25, -0.2) is 13.2 Å². The summed E-state index contributed by atoms with van der Waals surface area (Å²) in [5.74, 6) is -1.23. The van der Waals surface area contributed by atoms with Crippen LogP contribution in [-0.4, -0.2) is 31.0 Å². The van der Waals surface area contributed by atoms with E-state index in [-0.39, 0.29) is 28.4 Å². The standard InChI is InChI=1S/C9H11N3O4S/c1-5-7(9(13)14)12-6(2)8(5)17(15,16)11-4-3-10/h11-12H,4H2,1-2H3,(H,13,14). The highest BCUT2D eigenvalue weighted by atomic mass is 32.2. The molecule has 8 heteroatoms. The number of rotatable bonds is 4. The Labute approximate surface area is 98.1 Å². The lowest BCUT2D eigenvalue weighted by molar-refractivity contribution is 0.0690. The number of carbonyl (C=O) groups is 1. The summed E-state index contributed by atoms with van der Waals surface area (Å²) in [5, 5.41) is 17.2. The van der Waals surface area contributed by atoms with Gasteiger partial charge < -0.3 is 10.1 Å². The van der Waals surface area contributed by atoms with Gasteiger partial charge in [-0.3, -0.25) is 0 Å². The monoisotopic (exact) mass is 257 g/mol. The zero-order valence-electron chi connectivity index (χ0n) is 9.23. The van der Waals surface area contributed by atoms with Crippen LogP contribution < -0.4 is 4.72 Å². The number of hydrogen-bond donors (Lipinski definition) is 3. The van der Waals surface area contributed by atoms with Gasteiger partial charge in [0.1, 0.15) is 10.6 Å². The largest absolute Gasteiger partial charge is 0.477 e. The van der Waals surface area contributed by atoms with Gasteiger partial charge in [0.25, 0.3) is 0 Å². The van der Waals surface area contributed by atoms with Gasteiger partial charge in [0.15, 0.2) is 0 Å². The summed E-state index contributed by atoms with van der Waals surface area (Å²) in [4.78, 5) is 13.2. The molecular formula is C9H11N3O4S. The van der Waals surface area contributed by atoms with Crippen LogP contribution in [-0.2, 0) is 10.0 Å². The summed E-state index contributed by atoms with van der Waals surface area (Å²) in [6.07, 6.45) is 0. The van der Waals surface area contributed by atoms with Gasteiger partial charge >= 0.3 is 5.97 Å². The molecule has 7 nitrogen and oxygen atoms in total. The number of nitrogens with one attached hydrogen (secondary N) is 2. The first kappa shape index (κ1) is 13.2. The van der Waals surface area contributed by atoms with E-state index in [1.54, 1.807) is 6.07 Å². The van der Waals surface area contributed by atoms with Crippen molar-refractivity contribution in [1.82, 2.24) is 9.71 Å². The fourth-order valence-electron chi connectivity index (χ4n) is 1.55. The van der Waals surface area contributed by atoms with Gasteiger partial charge in [-0.15, -0.1) is 0 Å². The first-order valence-electron chi connectivity index (χ1n) is 4.60. The molecule has 1 aromatic heterocycles. The van der Waals surface area contributed by atoms with Crippen molar-refractivity contribution in [2.75, 3.05) is 6.54 Å². The topological polar surface area (TPSA) is 123 Å². The molecule has 0 bridgehead atoms. The molecule has 17 heavy (non-hydrogen) atoms. The quantitative estimate of drug-likeness (QED) is 0.661. The van der Waals surface area contributed by atoms with Crippen LogP contribution in [0, 0.1) is 25.2 Å². The van der Waals surface area contributed by atoms with Crippen molar-refractivity contribution >= 4 is 16.0 Å². The van der Waals surface area contributed by atoms with E-state index in [0.29, 0.717) is 0 Å². The lowest BCUT2D eigenvalue weighted by Gasteiger charge is -2.03. The van der Waals surface area contributed by atoms with Crippen molar-refractivity contribution in [3.8, 4) is 6.07 Å². The Morgan fingerprint density at radius 3 is 2.53 bits per heavy atom. The van der Waals surface area contributed by atoms with Crippen molar-refractivity contribution in [1.29, 1.82) is 5.26 Å². The van der Waals surface area contributed by atoms with Crippen molar-refractivity contribution in [3.05, 3.63) is 17.0 Å². The third-order valence-electron chi connectivity index (χ3n) is 2.19. The minimum Gasteiger partial charge on any atom is -0.477 e. The Kier molecular flexibility index (Phi) is 3.55. The Hall–Kier alpha value is -1.85. The third-order valence-corrected chi connectivity index (χ3v) is 3.87. The lowest BCUT2D eigenvalue weighted by Crippen LogP contribution is -2.24. The number of carboxylic acids is 1. The summed E-state index contributed by atoms with van der Waals surface area (Å²) >= 11 is 0. The van der Waals surface area contributed by atoms with E-state index in [0.717, 1.165) is 0 Å². The highest BCUT2D eigenvalue weighted by Gasteiger charge is 2.25. The molecule has 0 amide bonds. The second-order valence-corrected chi connectivity index (χ2v) is 5.07. The maximum atomic E-state index is 11.8. The van der Waals surface area contributed by atoms with Crippen LogP contribution in [0.5, 0.6) is 0 Å². The van der Waals surface area contributed by atoms with E-state index in [4.69, 9.17) is 10.4 Å². The molecule has 0 fully saturated rings. The van der Waals surface area contributed by atoms with E-state index in [9.17, 15) is 13.2 Å². The molecule has 92 valence electrons. The van der Waals surface area contributed by atoms with Gasteiger partial charge in [0.2, 0.25) is 10.0 Å². The average Bonchev–Trinajstić information content (AvgIpc) is 2.52.